The van der Waals surface area contributed by atoms with E-state index in [0.717, 1.165) is 93.9 Å². The maximum absolute atomic E-state index is 7.50. The lowest BCUT2D eigenvalue weighted by Crippen LogP contribution is -1.94. The van der Waals surface area contributed by atoms with Crippen molar-refractivity contribution in [2.45, 2.75) is 0 Å². The van der Waals surface area contributed by atoms with Crippen molar-refractivity contribution in [3.05, 3.63) is 501 Å². The number of nitrogens with zero attached hydrogens (tertiary/aromatic N) is 9. The summed E-state index contributed by atoms with van der Waals surface area (Å²) < 4.78 is 14.0. The van der Waals surface area contributed by atoms with Crippen LogP contribution >= 0.6 is 0 Å². The minimum atomic E-state index is 0.659. The number of para-hydroxylation sites is 7. The zero-order valence-corrected chi connectivity index (χ0v) is 71.5. The van der Waals surface area contributed by atoms with Gasteiger partial charge in [0.2, 0.25) is 0 Å². The maximum atomic E-state index is 7.50. The van der Waals surface area contributed by atoms with E-state index in [1.807, 2.05) is 36.4 Å². The summed E-state index contributed by atoms with van der Waals surface area (Å²) in [6.07, 6.45) is 0. The van der Waals surface area contributed by atoms with Gasteiger partial charge in [-0.2, -0.15) is 0 Å². The van der Waals surface area contributed by atoms with Crippen molar-refractivity contribution in [3.8, 4) is 89.8 Å². The molecular weight excluding hydrogens is 1600 g/mol. The minimum absolute atomic E-state index is 0.659. The molecule has 26 rings (SSSR count). The van der Waals surface area contributed by atoms with Crippen molar-refractivity contribution in [2.24, 2.45) is 0 Å². The molecule has 614 valence electrons. The third kappa shape index (κ3) is 13.2. The first-order valence-corrected chi connectivity index (χ1v) is 44.3. The Hall–Kier alpha value is -18.3. The molecule has 0 spiro atoms. The van der Waals surface area contributed by atoms with Crippen molar-refractivity contribution in [3.63, 3.8) is 0 Å². The second-order valence-electron chi connectivity index (χ2n) is 33.6. The van der Waals surface area contributed by atoms with Crippen molar-refractivity contribution in [1.29, 1.82) is 0 Å². The van der Waals surface area contributed by atoms with Crippen molar-refractivity contribution >= 4 is 148 Å². The normalized spacial score (nSPS) is 11.5. The lowest BCUT2D eigenvalue weighted by molar-refractivity contribution is 1.18. The number of hydrogen-bond donors (Lipinski definition) is 0. The van der Waals surface area contributed by atoms with E-state index in [9.17, 15) is 0 Å². The molecule has 9 heteroatoms. The molecule has 0 N–H and O–H groups in total. The Morgan fingerprint density at radius 2 is 0.303 bits per heavy atom. The van der Waals surface area contributed by atoms with Gasteiger partial charge >= 0.3 is 0 Å². The quantitative estimate of drug-likeness (QED) is 0.116. The molecule has 0 bridgehead atoms. The molecule has 0 radical (unpaired) electrons. The Bertz CT molecular complexity index is 9200. The van der Waals surface area contributed by atoms with E-state index in [2.05, 4.69) is 473 Å². The van der Waals surface area contributed by atoms with E-state index in [1.54, 1.807) is 0 Å². The van der Waals surface area contributed by atoms with E-state index in [1.165, 1.54) is 127 Å². The lowest BCUT2D eigenvalue weighted by atomic mass is 10.0. The SMILES string of the molecule is [C-]#[N+]c1ccc2c(c1)c1ccccc1n2-c1ccc(-c2ccc3c(c2)c2ccccc2n3-c2ccc(-c3ccccc3)cc2)cc1.[C-]#[N+]c1ccc2c(c1)c1ccccc1n2-c1ccc(-c2ccc3c(c2)c2ccccc2n3-c2cccc(-c3ccccc3)c2)cc1.[C-]#[N+]c1ccc2c(c1)c1ccccc1n2-c1ccc(-c2ccc3c(c2)c2ccccc2n3-c2ccccc2)cc1. The highest BCUT2D eigenvalue weighted by atomic mass is 15.0. The first-order chi connectivity index (χ1) is 65.3. The monoisotopic (exact) mass is 1680 g/mol. The Labute approximate surface area is 761 Å². The van der Waals surface area contributed by atoms with E-state index in [4.69, 9.17) is 19.7 Å². The van der Waals surface area contributed by atoms with Crippen LogP contribution in [0.1, 0.15) is 0 Å². The standard InChI is InChI=1S/2C43H27N3.C37H23N3/c1-44-33-21-25-43-39(28-33)37-15-6-7-16-40(37)45(43)34-22-18-30(19-23-34)32-20-24-42-38(27-32)36-14-5-8-17-41(36)46(42)35-13-9-12-31(26-35)29-10-3-2-4-11-29;1-44-33-20-26-43-39(28-33)37-12-6-8-14-41(37)46(43)35-23-17-31(18-24-35)32-19-25-42-38(27-32)36-11-5-7-13-40(36)45(42)34-21-15-30(16-22-34)29-9-3-2-4-10-29;1-38-27-18-22-37-33(24-27)31-12-6-8-14-35(31)40(37)29-19-15-25(16-20-29)26-17-21-36-32(23-26)30-11-5-7-13-34(30)39(36)28-9-3-2-4-10-28/h2*2-28H;2-24H. The van der Waals surface area contributed by atoms with Gasteiger partial charge in [0, 0.05) is 82.6 Å². The van der Waals surface area contributed by atoms with Crippen LogP contribution in [0.4, 0.5) is 17.1 Å². The highest BCUT2D eigenvalue weighted by Gasteiger charge is 2.22. The largest absolute Gasteiger partial charge is 0.309 e. The molecule has 0 amide bonds. The summed E-state index contributed by atoms with van der Waals surface area (Å²) in [5.74, 6) is 0. The van der Waals surface area contributed by atoms with E-state index < -0.39 is 0 Å². The average molecular weight is 1680 g/mol. The summed E-state index contributed by atoms with van der Waals surface area (Å²) >= 11 is 0. The van der Waals surface area contributed by atoms with Gasteiger partial charge in [-0.15, -0.1) is 0 Å². The Balaban J connectivity index is 0.000000110. The molecule has 20 aromatic carbocycles. The Morgan fingerprint density at radius 3 is 0.591 bits per heavy atom. The first-order valence-electron chi connectivity index (χ1n) is 44.3. The van der Waals surface area contributed by atoms with Crippen molar-refractivity contribution in [2.75, 3.05) is 0 Å². The van der Waals surface area contributed by atoms with Crippen LogP contribution in [0.15, 0.2) is 467 Å². The molecule has 26 aromatic rings. The fourth-order valence-corrected chi connectivity index (χ4v) is 20.1. The van der Waals surface area contributed by atoms with Crippen LogP contribution < -0.4 is 0 Å². The maximum Gasteiger partial charge on any atom is 0.188 e. The van der Waals surface area contributed by atoms with Crippen molar-refractivity contribution in [1.82, 2.24) is 27.4 Å². The molecule has 0 unspecified atom stereocenters. The van der Waals surface area contributed by atoms with Gasteiger partial charge in [-0.1, -0.05) is 285 Å². The molecular formula is C123H77N9. The van der Waals surface area contributed by atoms with E-state index in [-0.39, 0.29) is 0 Å². The molecule has 0 fully saturated rings. The van der Waals surface area contributed by atoms with Gasteiger partial charge in [-0.05, 0) is 254 Å². The first kappa shape index (κ1) is 77.3. The van der Waals surface area contributed by atoms with Crippen LogP contribution in [-0.2, 0) is 0 Å². The highest BCUT2D eigenvalue weighted by Crippen LogP contribution is 2.44. The lowest BCUT2D eigenvalue weighted by Gasteiger charge is -2.11. The average Bonchev–Trinajstić information content (AvgIpc) is 1.57. The van der Waals surface area contributed by atoms with Gasteiger partial charge in [-0.3, -0.25) is 0 Å². The minimum Gasteiger partial charge on any atom is -0.309 e. The van der Waals surface area contributed by atoms with Gasteiger partial charge < -0.3 is 27.4 Å². The molecule has 0 aliphatic rings. The highest BCUT2D eigenvalue weighted by molar-refractivity contribution is 6.16. The fourth-order valence-electron chi connectivity index (χ4n) is 20.1. The van der Waals surface area contributed by atoms with Gasteiger partial charge in [-0.25, -0.2) is 14.5 Å². The molecule has 132 heavy (non-hydrogen) atoms. The number of rotatable bonds is 11. The van der Waals surface area contributed by atoms with Crippen LogP contribution in [0.3, 0.4) is 0 Å². The summed E-state index contributed by atoms with van der Waals surface area (Å²) in [5, 5.41) is 14.2. The molecule has 6 heterocycles. The third-order valence-corrected chi connectivity index (χ3v) is 26.2. The molecule has 0 aliphatic carbocycles. The van der Waals surface area contributed by atoms with Crippen LogP contribution in [0, 0.1) is 19.7 Å². The molecule has 0 aliphatic heterocycles. The van der Waals surface area contributed by atoms with Gasteiger partial charge in [0.15, 0.2) is 17.1 Å². The van der Waals surface area contributed by atoms with Gasteiger partial charge in [0.05, 0.1) is 85.9 Å². The summed E-state index contributed by atoms with van der Waals surface area (Å²) in [5.41, 5.74) is 34.6. The fraction of sp³-hybridized carbons (Fsp3) is 0. The van der Waals surface area contributed by atoms with Crippen LogP contribution in [0.5, 0.6) is 0 Å². The second kappa shape index (κ2) is 32.3. The summed E-state index contributed by atoms with van der Waals surface area (Å²) in [7, 11) is 0. The van der Waals surface area contributed by atoms with Gasteiger partial charge in [0.25, 0.3) is 0 Å². The second-order valence-corrected chi connectivity index (χ2v) is 33.6. The van der Waals surface area contributed by atoms with E-state index >= 15 is 0 Å². The predicted octanol–water partition coefficient (Wildman–Crippen LogP) is 33.6. The van der Waals surface area contributed by atoms with Gasteiger partial charge in [0.1, 0.15) is 0 Å². The van der Waals surface area contributed by atoms with Crippen LogP contribution in [0.2, 0.25) is 0 Å². The molecule has 6 aromatic heterocycles. The molecule has 9 nitrogen and oxygen atoms in total. The third-order valence-electron chi connectivity index (χ3n) is 26.2. The molecule has 0 saturated heterocycles. The molecule has 0 atom stereocenters. The predicted molar refractivity (Wildman–Crippen MR) is 551 cm³/mol. The van der Waals surface area contributed by atoms with E-state index in [0.29, 0.717) is 17.1 Å². The number of fused-ring (bicyclic) bond motifs is 18. The van der Waals surface area contributed by atoms with Crippen LogP contribution in [0.25, 0.3) is 235 Å². The topological polar surface area (TPSA) is 42.7 Å². The van der Waals surface area contributed by atoms with Crippen molar-refractivity contribution < 1.29 is 0 Å². The molecule has 0 saturated carbocycles. The number of benzene rings is 20. The summed E-state index contributed by atoms with van der Waals surface area (Å²) in [6.45, 7) is 22.5. The smallest absolute Gasteiger partial charge is 0.188 e. The Morgan fingerprint density at radius 1 is 0.121 bits per heavy atom. The Kier molecular flexibility index (Phi) is 18.9. The van der Waals surface area contributed by atoms with Crippen LogP contribution in [-0.4, -0.2) is 27.4 Å². The number of aromatic nitrogens is 6. The zero-order valence-electron chi connectivity index (χ0n) is 71.5. The summed E-state index contributed by atoms with van der Waals surface area (Å²) in [4.78, 5) is 11.0. The number of hydrogen-bond acceptors (Lipinski definition) is 0. The summed E-state index contributed by atoms with van der Waals surface area (Å²) in [6, 6.07) is 165. The zero-order chi connectivity index (χ0) is 87.9.